The Balaban J connectivity index is 0.000000182. The molecule has 1 unspecified atom stereocenters. The summed E-state index contributed by atoms with van der Waals surface area (Å²) in [4.78, 5) is 34.1. The van der Waals surface area contributed by atoms with Crippen molar-refractivity contribution in [2.24, 2.45) is 0 Å². The molecule has 2 aliphatic carbocycles. The minimum absolute atomic E-state index is 0.0234. The molecule has 168 valence electrons. The number of Topliss-reactive ketones (excluding diaryl/α,β-unsaturated/α-hetero) is 2. The van der Waals surface area contributed by atoms with Gasteiger partial charge < -0.3 is 14.9 Å². The lowest BCUT2D eigenvalue weighted by Gasteiger charge is -2.22. The van der Waals surface area contributed by atoms with Crippen LogP contribution in [0.2, 0.25) is 0 Å². The van der Waals surface area contributed by atoms with Crippen molar-refractivity contribution in [2.45, 2.75) is 50.9 Å². The minimum atomic E-state index is -0.139. The zero-order chi connectivity index (χ0) is 23.1. The van der Waals surface area contributed by atoms with Gasteiger partial charge in [0.25, 0.3) is 0 Å². The molecule has 1 fully saturated rings. The second kappa shape index (κ2) is 10.8. The third-order valence-corrected chi connectivity index (χ3v) is 5.64. The van der Waals surface area contributed by atoms with Crippen LogP contribution < -0.4 is 0 Å². The van der Waals surface area contributed by atoms with Crippen molar-refractivity contribution in [3.05, 3.63) is 71.5 Å². The predicted octanol–water partition coefficient (Wildman–Crippen LogP) is 4.56. The number of hydrogen-bond donors (Lipinski definition) is 2. The Morgan fingerprint density at radius 2 is 1.28 bits per heavy atom. The highest BCUT2D eigenvalue weighted by Gasteiger charge is 2.28. The number of phenols is 2. The van der Waals surface area contributed by atoms with Crippen LogP contribution in [0, 0.1) is 0 Å². The van der Waals surface area contributed by atoms with Gasteiger partial charge in [-0.1, -0.05) is 36.4 Å². The summed E-state index contributed by atoms with van der Waals surface area (Å²) in [7, 11) is 0. The molecule has 1 saturated carbocycles. The van der Waals surface area contributed by atoms with Crippen LogP contribution in [0.4, 0.5) is 0 Å². The molecule has 2 aliphatic rings. The summed E-state index contributed by atoms with van der Waals surface area (Å²) in [5, 5.41) is 19.4. The first-order valence-electron chi connectivity index (χ1n) is 10.8. The van der Waals surface area contributed by atoms with Crippen molar-refractivity contribution in [1.29, 1.82) is 0 Å². The number of hydrogen-bond acceptors (Lipinski definition) is 6. The fourth-order valence-electron chi connectivity index (χ4n) is 4.23. The van der Waals surface area contributed by atoms with E-state index in [1.807, 2.05) is 19.1 Å². The lowest BCUT2D eigenvalue weighted by atomic mass is 9.82. The molecule has 0 aromatic heterocycles. The largest absolute Gasteiger partial charge is 0.508 e. The van der Waals surface area contributed by atoms with Crippen LogP contribution in [0.3, 0.4) is 0 Å². The Bertz CT molecular complexity index is 1010. The number of carbonyl (C=O) groups is 3. The van der Waals surface area contributed by atoms with Crippen molar-refractivity contribution < 1.29 is 29.3 Å². The molecule has 2 N–H and O–H groups in total. The number of carbonyl (C=O) groups excluding carboxylic acids is 3. The Kier molecular flexibility index (Phi) is 7.82. The van der Waals surface area contributed by atoms with E-state index >= 15 is 0 Å². The van der Waals surface area contributed by atoms with Gasteiger partial charge in [-0.3, -0.25) is 14.4 Å². The Labute approximate surface area is 187 Å². The molecule has 32 heavy (non-hydrogen) atoms. The molecule has 0 aliphatic heterocycles. The van der Waals surface area contributed by atoms with Gasteiger partial charge in [0.15, 0.2) is 5.78 Å². The molecular weight excluding hydrogens is 408 g/mol. The summed E-state index contributed by atoms with van der Waals surface area (Å²) in [6.07, 6.45) is 3.47. The van der Waals surface area contributed by atoms with Gasteiger partial charge in [0.05, 0.1) is 13.0 Å². The summed E-state index contributed by atoms with van der Waals surface area (Å²) >= 11 is 0. The van der Waals surface area contributed by atoms with Crippen molar-refractivity contribution in [1.82, 2.24) is 0 Å². The molecule has 0 saturated heterocycles. The maximum Gasteiger partial charge on any atom is 0.159 e. The Hall–Kier alpha value is -3.41. The third-order valence-electron chi connectivity index (χ3n) is 5.64. The number of para-hydroxylation sites is 2. The SMILES string of the molecule is CCOC1=CC(=O)CC(c2ccccc2O)C1.O=C1CC(=O)CC(c2ccccc2O)C1. The second-order valence-electron chi connectivity index (χ2n) is 8.09. The molecule has 0 spiro atoms. The number of ketones is 3. The summed E-state index contributed by atoms with van der Waals surface area (Å²) in [6, 6.07) is 14.1. The van der Waals surface area contributed by atoms with Crippen LogP contribution in [-0.2, 0) is 19.1 Å². The summed E-state index contributed by atoms with van der Waals surface area (Å²) in [5.41, 5.74) is 1.53. The van der Waals surface area contributed by atoms with Crippen LogP contribution >= 0.6 is 0 Å². The van der Waals surface area contributed by atoms with Crippen LogP contribution in [-0.4, -0.2) is 34.2 Å². The normalized spacial score (nSPS) is 19.1. The molecule has 4 rings (SSSR count). The molecule has 0 heterocycles. The van der Waals surface area contributed by atoms with Crippen LogP contribution in [0.15, 0.2) is 60.4 Å². The number of ether oxygens (including phenoxy) is 1. The van der Waals surface area contributed by atoms with Gasteiger partial charge in [0.1, 0.15) is 28.8 Å². The lowest BCUT2D eigenvalue weighted by molar-refractivity contribution is -0.130. The van der Waals surface area contributed by atoms with E-state index in [0.29, 0.717) is 37.9 Å². The van der Waals surface area contributed by atoms with Gasteiger partial charge in [0.2, 0.25) is 0 Å². The number of rotatable bonds is 4. The zero-order valence-electron chi connectivity index (χ0n) is 18.1. The Morgan fingerprint density at radius 3 is 1.78 bits per heavy atom. The average Bonchev–Trinajstić information content (AvgIpc) is 2.74. The van der Waals surface area contributed by atoms with E-state index in [1.165, 1.54) is 0 Å². The first-order chi connectivity index (χ1) is 15.4. The number of allylic oxidation sites excluding steroid dienone is 2. The molecule has 2 aromatic rings. The van der Waals surface area contributed by atoms with Gasteiger partial charge in [-0.05, 0) is 30.2 Å². The van der Waals surface area contributed by atoms with Gasteiger partial charge >= 0.3 is 0 Å². The summed E-state index contributed by atoms with van der Waals surface area (Å²) in [6.45, 7) is 2.46. The van der Waals surface area contributed by atoms with Gasteiger partial charge in [-0.15, -0.1) is 0 Å². The lowest BCUT2D eigenvalue weighted by Crippen LogP contribution is -2.21. The van der Waals surface area contributed by atoms with E-state index in [0.717, 1.165) is 11.3 Å². The van der Waals surface area contributed by atoms with Crippen molar-refractivity contribution in [2.75, 3.05) is 6.61 Å². The number of benzene rings is 2. The fraction of sp³-hybridized carbons (Fsp3) is 0.346. The molecule has 2 aromatic carbocycles. The Morgan fingerprint density at radius 1 is 0.781 bits per heavy atom. The predicted molar refractivity (Wildman–Crippen MR) is 120 cm³/mol. The minimum Gasteiger partial charge on any atom is -0.508 e. The van der Waals surface area contributed by atoms with Crippen LogP contribution in [0.1, 0.15) is 62.0 Å². The molecule has 0 radical (unpaired) electrons. The van der Waals surface area contributed by atoms with E-state index in [1.54, 1.807) is 42.5 Å². The highest BCUT2D eigenvalue weighted by atomic mass is 16.5. The molecule has 0 bridgehead atoms. The highest BCUT2D eigenvalue weighted by Crippen LogP contribution is 2.36. The monoisotopic (exact) mass is 436 g/mol. The standard InChI is InChI=1S/C14H16O3.C12H12O3/c1-2-17-12-8-10(7-11(15)9-12)13-5-3-4-6-14(13)16;13-9-5-8(6-10(14)7-9)11-3-1-2-4-12(11)15/h3-6,9-10,16H,2,7-8H2,1H3;1-4,8,15H,5-7H2. The topological polar surface area (TPSA) is 101 Å². The van der Waals surface area contributed by atoms with Crippen LogP contribution in [0.25, 0.3) is 0 Å². The van der Waals surface area contributed by atoms with E-state index in [4.69, 9.17) is 4.74 Å². The van der Waals surface area contributed by atoms with E-state index in [9.17, 15) is 24.6 Å². The molecule has 0 amide bonds. The van der Waals surface area contributed by atoms with Crippen molar-refractivity contribution in [3.63, 3.8) is 0 Å². The maximum atomic E-state index is 11.6. The first kappa shape index (κ1) is 23.3. The summed E-state index contributed by atoms with van der Waals surface area (Å²) < 4.78 is 5.40. The number of aromatic hydroxyl groups is 2. The molecular formula is C26H28O6. The highest BCUT2D eigenvalue weighted by molar-refractivity contribution is 6.02. The quantitative estimate of drug-likeness (QED) is 0.682. The second-order valence-corrected chi connectivity index (χ2v) is 8.09. The fourth-order valence-corrected chi connectivity index (χ4v) is 4.23. The van der Waals surface area contributed by atoms with E-state index in [-0.39, 0.29) is 47.1 Å². The smallest absolute Gasteiger partial charge is 0.159 e. The van der Waals surface area contributed by atoms with Gasteiger partial charge in [-0.2, -0.15) is 0 Å². The first-order valence-corrected chi connectivity index (χ1v) is 10.8. The van der Waals surface area contributed by atoms with Crippen molar-refractivity contribution >= 4 is 17.3 Å². The molecule has 6 heteroatoms. The van der Waals surface area contributed by atoms with Gasteiger partial charge in [-0.25, -0.2) is 0 Å². The summed E-state index contributed by atoms with van der Waals surface area (Å²) in [5.74, 6) is 1.03. The van der Waals surface area contributed by atoms with Crippen LogP contribution in [0.5, 0.6) is 11.5 Å². The molecule has 6 nitrogen and oxygen atoms in total. The average molecular weight is 437 g/mol. The third kappa shape index (κ3) is 6.06. The number of phenolic OH excluding ortho intramolecular Hbond substituents is 2. The van der Waals surface area contributed by atoms with Gasteiger partial charge in [0, 0.05) is 43.6 Å². The van der Waals surface area contributed by atoms with E-state index in [2.05, 4.69) is 0 Å². The maximum absolute atomic E-state index is 11.6. The van der Waals surface area contributed by atoms with E-state index < -0.39 is 0 Å². The molecule has 1 atom stereocenters. The van der Waals surface area contributed by atoms with Crippen molar-refractivity contribution in [3.8, 4) is 11.5 Å². The zero-order valence-corrected chi connectivity index (χ0v) is 18.1.